The molecule has 152 valence electrons. The number of hydrogen-bond donors (Lipinski definition) is 4. The van der Waals surface area contributed by atoms with Crippen molar-refractivity contribution in [3.63, 3.8) is 0 Å². The number of rotatable bonds is 8. The monoisotopic (exact) mass is 424 g/mol. The fourth-order valence-corrected chi connectivity index (χ4v) is 3.11. The Balaban J connectivity index is 2.49. The third-order valence-electron chi connectivity index (χ3n) is 4.02. The molecule has 0 bridgehead atoms. The molecule has 0 fully saturated rings. The van der Waals surface area contributed by atoms with Gasteiger partial charge in [0.15, 0.2) is 5.78 Å². The number of anilines is 2. The lowest BCUT2D eigenvalue weighted by atomic mass is 9.93. The minimum absolute atomic E-state index is 0.0399. The van der Waals surface area contributed by atoms with E-state index in [-0.39, 0.29) is 29.5 Å². The highest BCUT2D eigenvalue weighted by atomic mass is 35.5. The maximum absolute atomic E-state index is 13.6. The predicted octanol–water partition coefficient (Wildman–Crippen LogP) is 3.30. The SMILES string of the molecule is CC(C)NC(C(=O)C(NC(C)C)c1cnc(N)c(Cl)c1)c1cnc(N)c(Cl)c1. The van der Waals surface area contributed by atoms with Gasteiger partial charge in [-0.05, 0) is 51.0 Å². The summed E-state index contributed by atoms with van der Waals surface area (Å²) < 4.78 is 0. The van der Waals surface area contributed by atoms with Crippen LogP contribution in [0.15, 0.2) is 24.5 Å². The van der Waals surface area contributed by atoms with E-state index in [2.05, 4.69) is 20.6 Å². The van der Waals surface area contributed by atoms with Crippen LogP contribution in [0, 0.1) is 0 Å². The average Bonchev–Trinajstić information content (AvgIpc) is 2.61. The van der Waals surface area contributed by atoms with Crippen LogP contribution in [0.2, 0.25) is 10.0 Å². The van der Waals surface area contributed by atoms with Crippen LogP contribution in [-0.2, 0) is 4.79 Å². The van der Waals surface area contributed by atoms with E-state index in [0.29, 0.717) is 21.2 Å². The Labute approximate surface area is 175 Å². The van der Waals surface area contributed by atoms with Gasteiger partial charge >= 0.3 is 0 Å². The quantitative estimate of drug-likeness (QED) is 0.512. The van der Waals surface area contributed by atoms with Gasteiger partial charge in [0.25, 0.3) is 0 Å². The van der Waals surface area contributed by atoms with Gasteiger partial charge < -0.3 is 22.1 Å². The van der Waals surface area contributed by atoms with E-state index < -0.39 is 12.1 Å². The summed E-state index contributed by atoms with van der Waals surface area (Å²) in [6, 6.07) is 2.08. The van der Waals surface area contributed by atoms with Crippen LogP contribution in [0.4, 0.5) is 11.6 Å². The standard InChI is InChI=1S/C19H26Cl2N6O/c1-9(2)26-15(11-5-13(20)18(22)24-7-11)17(28)16(27-10(3)4)12-6-14(21)19(23)25-8-12/h5-10,15-16,26-27H,1-4H3,(H2,22,24)(H2,23,25). The zero-order valence-electron chi connectivity index (χ0n) is 16.3. The Morgan fingerprint density at radius 2 is 1.21 bits per heavy atom. The number of nitrogen functional groups attached to an aromatic ring is 2. The van der Waals surface area contributed by atoms with Gasteiger partial charge in [0, 0.05) is 24.5 Å². The summed E-state index contributed by atoms with van der Waals surface area (Å²) in [5.74, 6) is 0.313. The number of nitrogens with two attached hydrogens (primary N) is 2. The molecule has 0 aromatic carbocycles. The summed E-state index contributed by atoms with van der Waals surface area (Å²) in [5, 5.41) is 7.17. The first-order chi connectivity index (χ1) is 13.1. The first-order valence-electron chi connectivity index (χ1n) is 8.97. The molecular formula is C19H26Cl2N6O. The summed E-state index contributed by atoms with van der Waals surface area (Å²) in [6.45, 7) is 7.83. The smallest absolute Gasteiger partial charge is 0.175 e. The third-order valence-corrected chi connectivity index (χ3v) is 4.62. The number of ketones is 1. The summed E-state index contributed by atoms with van der Waals surface area (Å²) in [6.07, 6.45) is 3.11. The van der Waals surface area contributed by atoms with E-state index in [0.717, 1.165) is 0 Å². The summed E-state index contributed by atoms with van der Waals surface area (Å²) in [4.78, 5) is 21.8. The van der Waals surface area contributed by atoms with Gasteiger partial charge in [-0.15, -0.1) is 0 Å². The zero-order chi connectivity index (χ0) is 21.0. The zero-order valence-corrected chi connectivity index (χ0v) is 17.8. The second kappa shape index (κ2) is 9.52. The van der Waals surface area contributed by atoms with Crippen molar-refractivity contribution in [2.24, 2.45) is 0 Å². The fraction of sp³-hybridized carbons (Fsp3) is 0.421. The topological polar surface area (TPSA) is 119 Å². The number of nitrogens with zero attached hydrogens (tertiary/aromatic N) is 2. The highest BCUT2D eigenvalue weighted by molar-refractivity contribution is 6.33. The van der Waals surface area contributed by atoms with E-state index in [4.69, 9.17) is 34.7 Å². The first-order valence-corrected chi connectivity index (χ1v) is 9.73. The maximum atomic E-state index is 13.6. The minimum atomic E-state index is -0.654. The Bertz CT molecular complexity index is 776. The number of Topliss-reactive ketones (excluding diaryl/α,β-unsaturated/α-hetero) is 1. The molecule has 2 unspecified atom stereocenters. The van der Waals surface area contributed by atoms with Crippen molar-refractivity contribution in [3.8, 4) is 0 Å². The number of pyridine rings is 2. The first kappa shape index (κ1) is 22.4. The van der Waals surface area contributed by atoms with Crippen LogP contribution >= 0.6 is 23.2 Å². The highest BCUT2D eigenvalue weighted by Crippen LogP contribution is 2.29. The van der Waals surface area contributed by atoms with Crippen LogP contribution in [0.25, 0.3) is 0 Å². The lowest BCUT2D eigenvalue weighted by Gasteiger charge is -2.27. The highest BCUT2D eigenvalue weighted by Gasteiger charge is 2.31. The molecule has 28 heavy (non-hydrogen) atoms. The van der Waals surface area contributed by atoms with Crippen molar-refractivity contribution >= 4 is 40.6 Å². The number of hydrogen-bond acceptors (Lipinski definition) is 7. The van der Waals surface area contributed by atoms with Gasteiger partial charge in [-0.2, -0.15) is 0 Å². The predicted molar refractivity (Wildman–Crippen MR) is 114 cm³/mol. The van der Waals surface area contributed by atoms with Gasteiger partial charge in [-0.25, -0.2) is 9.97 Å². The van der Waals surface area contributed by atoms with Gasteiger partial charge in [0.1, 0.15) is 11.6 Å². The number of nitrogens with one attached hydrogen (secondary N) is 2. The molecule has 2 heterocycles. The second-order valence-corrected chi connectivity index (χ2v) is 8.00. The van der Waals surface area contributed by atoms with Crippen molar-refractivity contribution < 1.29 is 4.79 Å². The van der Waals surface area contributed by atoms with Gasteiger partial charge in [0.05, 0.1) is 22.1 Å². The molecule has 2 aromatic rings. The molecule has 0 amide bonds. The van der Waals surface area contributed by atoms with E-state index in [9.17, 15) is 4.79 Å². The lowest BCUT2D eigenvalue weighted by molar-refractivity contribution is -0.123. The van der Waals surface area contributed by atoms with Crippen molar-refractivity contribution in [2.75, 3.05) is 11.5 Å². The van der Waals surface area contributed by atoms with Crippen LogP contribution in [0.5, 0.6) is 0 Å². The molecule has 0 saturated carbocycles. The van der Waals surface area contributed by atoms with Crippen molar-refractivity contribution in [2.45, 2.75) is 51.9 Å². The number of carbonyl (C=O) groups excluding carboxylic acids is 1. The number of aromatic nitrogens is 2. The van der Waals surface area contributed by atoms with E-state index >= 15 is 0 Å². The molecule has 2 rings (SSSR count). The molecule has 6 N–H and O–H groups in total. The van der Waals surface area contributed by atoms with Crippen LogP contribution < -0.4 is 22.1 Å². The van der Waals surface area contributed by atoms with Gasteiger partial charge in [-0.1, -0.05) is 23.2 Å². The maximum Gasteiger partial charge on any atom is 0.175 e. The molecule has 0 aliphatic rings. The Morgan fingerprint density at radius 3 is 1.50 bits per heavy atom. The second-order valence-electron chi connectivity index (χ2n) is 7.18. The van der Waals surface area contributed by atoms with Crippen LogP contribution in [-0.4, -0.2) is 27.8 Å². The normalized spacial score (nSPS) is 13.7. The molecule has 2 aromatic heterocycles. The minimum Gasteiger partial charge on any atom is -0.382 e. The van der Waals surface area contributed by atoms with Crippen molar-refractivity contribution in [3.05, 3.63) is 45.7 Å². The Hall–Kier alpha value is -1.93. The summed E-state index contributed by atoms with van der Waals surface area (Å²) in [7, 11) is 0. The van der Waals surface area contributed by atoms with Crippen molar-refractivity contribution in [1.82, 2.24) is 20.6 Å². The fourth-order valence-electron chi connectivity index (χ4n) is 2.76. The molecule has 0 aliphatic heterocycles. The average molecular weight is 425 g/mol. The summed E-state index contributed by atoms with van der Waals surface area (Å²) >= 11 is 12.3. The van der Waals surface area contributed by atoms with Crippen LogP contribution in [0.1, 0.15) is 50.9 Å². The Kier molecular flexibility index (Phi) is 7.60. The van der Waals surface area contributed by atoms with Gasteiger partial charge in [0.2, 0.25) is 0 Å². The molecule has 0 saturated heterocycles. The number of halogens is 2. The Morgan fingerprint density at radius 1 is 0.857 bits per heavy atom. The lowest BCUT2D eigenvalue weighted by Crippen LogP contribution is -2.42. The molecule has 0 radical (unpaired) electrons. The molecular weight excluding hydrogens is 399 g/mol. The van der Waals surface area contributed by atoms with E-state index in [1.165, 1.54) is 0 Å². The van der Waals surface area contributed by atoms with Gasteiger partial charge in [-0.3, -0.25) is 4.79 Å². The molecule has 9 heteroatoms. The van der Waals surface area contributed by atoms with Crippen LogP contribution in [0.3, 0.4) is 0 Å². The number of carbonyl (C=O) groups is 1. The molecule has 0 spiro atoms. The van der Waals surface area contributed by atoms with E-state index in [1.807, 2.05) is 27.7 Å². The van der Waals surface area contributed by atoms with Crippen molar-refractivity contribution in [1.29, 1.82) is 0 Å². The third kappa shape index (κ3) is 5.54. The molecule has 2 atom stereocenters. The summed E-state index contributed by atoms with van der Waals surface area (Å²) in [5.41, 5.74) is 12.7. The molecule has 7 nitrogen and oxygen atoms in total. The largest absolute Gasteiger partial charge is 0.382 e. The molecule has 0 aliphatic carbocycles. The van der Waals surface area contributed by atoms with E-state index in [1.54, 1.807) is 24.5 Å².